The molecule has 1 aromatic carbocycles. The maximum Gasteiger partial charge on any atom is 0.323 e. The number of rotatable bonds is 7. The lowest BCUT2D eigenvalue weighted by Gasteiger charge is -2.18. The highest BCUT2D eigenvalue weighted by Crippen LogP contribution is 2.17. The number of amides is 1. The Morgan fingerprint density at radius 2 is 2.09 bits per heavy atom. The smallest absolute Gasteiger partial charge is 0.323 e. The van der Waals surface area contributed by atoms with Crippen LogP contribution in [-0.2, 0) is 9.53 Å². The van der Waals surface area contributed by atoms with Gasteiger partial charge in [0.2, 0.25) is 0 Å². The molecule has 0 aromatic heterocycles. The molecule has 1 fully saturated rings. The van der Waals surface area contributed by atoms with E-state index in [1.165, 1.54) is 4.90 Å². The summed E-state index contributed by atoms with van der Waals surface area (Å²) in [6.45, 7) is 3.10. The number of nitrogens with zero attached hydrogens (tertiary/aromatic N) is 1. The van der Waals surface area contributed by atoms with E-state index in [2.05, 4.69) is 0 Å². The molecule has 22 heavy (non-hydrogen) atoms. The number of carboxylic acid groups (broad SMARTS) is 1. The van der Waals surface area contributed by atoms with Gasteiger partial charge in [-0.05, 0) is 44.0 Å². The molecule has 6 heteroatoms. The van der Waals surface area contributed by atoms with Crippen molar-refractivity contribution in [2.45, 2.75) is 25.9 Å². The summed E-state index contributed by atoms with van der Waals surface area (Å²) in [4.78, 5) is 24.2. The Morgan fingerprint density at radius 3 is 2.64 bits per heavy atom. The number of carbonyl (C=O) groups excluding carboxylic acids is 1. The van der Waals surface area contributed by atoms with Crippen molar-refractivity contribution in [1.82, 2.24) is 4.90 Å². The van der Waals surface area contributed by atoms with Crippen LogP contribution in [0.15, 0.2) is 24.3 Å². The predicted molar refractivity (Wildman–Crippen MR) is 80.1 cm³/mol. The number of carboxylic acids is 1. The first-order chi connectivity index (χ1) is 10.6. The Bertz CT molecular complexity index is 508. The van der Waals surface area contributed by atoms with Gasteiger partial charge in [-0.15, -0.1) is 0 Å². The molecule has 1 heterocycles. The summed E-state index contributed by atoms with van der Waals surface area (Å²) < 4.78 is 11.1. The Labute approximate surface area is 129 Å². The first kappa shape index (κ1) is 16.3. The van der Waals surface area contributed by atoms with Gasteiger partial charge in [0, 0.05) is 18.7 Å². The van der Waals surface area contributed by atoms with Gasteiger partial charge in [0.25, 0.3) is 5.91 Å². The first-order valence-corrected chi connectivity index (χ1v) is 7.45. The van der Waals surface area contributed by atoms with Gasteiger partial charge >= 0.3 is 5.97 Å². The van der Waals surface area contributed by atoms with Crippen molar-refractivity contribution in [2.24, 2.45) is 0 Å². The number of likely N-dealkylation sites (N-methyl/N-ethyl adjacent to an activating group) is 1. The van der Waals surface area contributed by atoms with Gasteiger partial charge in [0.05, 0.1) is 6.10 Å². The number of aliphatic carboxylic acids is 1. The van der Waals surface area contributed by atoms with Crippen LogP contribution in [0.25, 0.3) is 0 Å². The number of ether oxygens (including phenoxy) is 2. The van der Waals surface area contributed by atoms with Gasteiger partial charge in [-0.1, -0.05) is 0 Å². The number of carbonyl (C=O) groups is 2. The van der Waals surface area contributed by atoms with E-state index in [9.17, 15) is 9.59 Å². The maximum atomic E-state index is 12.2. The van der Waals surface area contributed by atoms with Gasteiger partial charge in [-0.2, -0.15) is 0 Å². The average Bonchev–Trinajstić information content (AvgIpc) is 3.03. The van der Waals surface area contributed by atoms with E-state index in [1.54, 1.807) is 31.2 Å². The van der Waals surface area contributed by atoms with E-state index < -0.39 is 5.97 Å². The molecule has 1 aliphatic heterocycles. The zero-order chi connectivity index (χ0) is 15.9. The quantitative estimate of drug-likeness (QED) is 0.831. The molecule has 120 valence electrons. The minimum Gasteiger partial charge on any atom is -0.491 e. The molecule has 0 spiro atoms. The van der Waals surface area contributed by atoms with Crippen molar-refractivity contribution < 1.29 is 24.2 Å². The van der Waals surface area contributed by atoms with Gasteiger partial charge < -0.3 is 19.5 Å². The van der Waals surface area contributed by atoms with Crippen LogP contribution in [0.3, 0.4) is 0 Å². The average molecular weight is 307 g/mol. The lowest BCUT2D eigenvalue weighted by molar-refractivity contribution is -0.137. The summed E-state index contributed by atoms with van der Waals surface area (Å²) in [5, 5.41) is 8.80. The standard InChI is InChI=1S/C16H21NO5/c1-2-17(10-15(18)19)16(20)12-5-7-13(8-6-12)22-11-14-4-3-9-21-14/h5-8,14H,2-4,9-11H2,1H3,(H,18,19). The Morgan fingerprint density at radius 1 is 1.36 bits per heavy atom. The molecule has 1 unspecified atom stereocenters. The lowest BCUT2D eigenvalue weighted by Crippen LogP contribution is -2.35. The minimum atomic E-state index is -1.02. The highest BCUT2D eigenvalue weighted by Gasteiger charge is 2.18. The number of hydrogen-bond donors (Lipinski definition) is 1. The highest BCUT2D eigenvalue weighted by atomic mass is 16.5. The van der Waals surface area contributed by atoms with E-state index in [0.29, 0.717) is 24.5 Å². The molecule has 0 radical (unpaired) electrons. The fraction of sp³-hybridized carbons (Fsp3) is 0.500. The zero-order valence-corrected chi connectivity index (χ0v) is 12.7. The molecule has 1 aliphatic rings. The van der Waals surface area contributed by atoms with Crippen molar-refractivity contribution in [3.05, 3.63) is 29.8 Å². The summed E-state index contributed by atoms with van der Waals surface area (Å²) in [6.07, 6.45) is 2.22. The highest BCUT2D eigenvalue weighted by molar-refractivity contribution is 5.95. The van der Waals surface area contributed by atoms with E-state index >= 15 is 0 Å². The fourth-order valence-corrected chi connectivity index (χ4v) is 2.33. The Kier molecular flexibility index (Phi) is 5.77. The van der Waals surface area contributed by atoms with E-state index in [4.69, 9.17) is 14.6 Å². The van der Waals surface area contributed by atoms with Crippen LogP contribution in [0.2, 0.25) is 0 Å². The second kappa shape index (κ2) is 7.79. The second-order valence-corrected chi connectivity index (χ2v) is 5.18. The molecule has 1 N–H and O–H groups in total. The molecule has 1 saturated heterocycles. The van der Waals surface area contributed by atoms with Crippen molar-refractivity contribution in [1.29, 1.82) is 0 Å². The third-order valence-corrected chi connectivity index (χ3v) is 3.56. The normalized spacial score (nSPS) is 17.2. The Hall–Kier alpha value is -2.08. The minimum absolute atomic E-state index is 0.146. The van der Waals surface area contributed by atoms with Crippen molar-refractivity contribution in [2.75, 3.05) is 26.3 Å². The van der Waals surface area contributed by atoms with Crippen LogP contribution in [0.4, 0.5) is 0 Å². The summed E-state index contributed by atoms with van der Waals surface area (Å²) in [5.41, 5.74) is 0.451. The van der Waals surface area contributed by atoms with Crippen LogP contribution in [-0.4, -0.2) is 54.3 Å². The molecule has 1 aromatic rings. The zero-order valence-electron chi connectivity index (χ0n) is 12.7. The van der Waals surface area contributed by atoms with Crippen LogP contribution in [0.5, 0.6) is 5.75 Å². The topological polar surface area (TPSA) is 76.1 Å². The second-order valence-electron chi connectivity index (χ2n) is 5.18. The molecular formula is C16H21NO5. The SMILES string of the molecule is CCN(CC(=O)O)C(=O)c1ccc(OCC2CCCO2)cc1. The molecule has 1 atom stereocenters. The van der Waals surface area contributed by atoms with Crippen molar-refractivity contribution in [3.63, 3.8) is 0 Å². The molecule has 0 saturated carbocycles. The van der Waals surface area contributed by atoms with Gasteiger partial charge in [-0.25, -0.2) is 0 Å². The maximum absolute atomic E-state index is 12.2. The van der Waals surface area contributed by atoms with Crippen LogP contribution >= 0.6 is 0 Å². The van der Waals surface area contributed by atoms with Gasteiger partial charge in [-0.3, -0.25) is 9.59 Å². The summed E-state index contributed by atoms with van der Waals surface area (Å²) in [5.74, 6) is -0.643. The molecule has 6 nitrogen and oxygen atoms in total. The molecule has 1 amide bonds. The predicted octanol–water partition coefficient (Wildman–Crippen LogP) is 1.79. The Balaban J connectivity index is 1.92. The lowest BCUT2D eigenvalue weighted by atomic mass is 10.2. The molecular weight excluding hydrogens is 286 g/mol. The molecule has 0 aliphatic carbocycles. The van der Waals surface area contributed by atoms with Crippen LogP contribution < -0.4 is 4.74 Å². The van der Waals surface area contributed by atoms with E-state index in [1.807, 2.05) is 0 Å². The van der Waals surface area contributed by atoms with Gasteiger partial charge in [0.1, 0.15) is 18.9 Å². The third kappa shape index (κ3) is 4.46. The van der Waals surface area contributed by atoms with Crippen molar-refractivity contribution >= 4 is 11.9 Å². The summed E-state index contributed by atoms with van der Waals surface area (Å²) >= 11 is 0. The molecule has 2 rings (SSSR count). The van der Waals surface area contributed by atoms with Crippen LogP contribution in [0, 0.1) is 0 Å². The summed E-state index contributed by atoms with van der Waals surface area (Å²) in [6, 6.07) is 6.74. The number of benzene rings is 1. The first-order valence-electron chi connectivity index (χ1n) is 7.45. The number of hydrogen-bond acceptors (Lipinski definition) is 4. The monoisotopic (exact) mass is 307 g/mol. The van der Waals surface area contributed by atoms with Crippen LogP contribution in [0.1, 0.15) is 30.1 Å². The van der Waals surface area contributed by atoms with E-state index in [-0.39, 0.29) is 18.6 Å². The third-order valence-electron chi connectivity index (χ3n) is 3.56. The molecule has 0 bridgehead atoms. The fourth-order valence-electron chi connectivity index (χ4n) is 2.33. The van der Waals surface area contributed by atoms with Gasteiger partial charge in [0.15, 0.2) is 0 Å². The largest absolute Gasteiger partial charge is 0.491 e. The van der Waals surface area contributed by atoms with E-state index in [0.717, 1.165) is 19.4 Å². The summed E-state index contributed by atoms with van der Waals surface area (Å²) in [7, 11) is 0. The van der Waals surface area contributed by atoms with Crippen molar-refractivity contribution in [3.8, 4) is 5.75 Å².